The predicted molar refractivity (Wildman–Crippen MR) is 107 cm³/mol. The molecule has 0 radical (unpaired) electrons. The number of phenolic OH excluding ortho intramolecular Hbond substituents is 1. The van der Waals surface area contributed by atoms with Gasteiger partial charge < -0.3 is 14.9 Å². The van der Waals surface area contributed by atoms with Crippen molar-refractivity contribution in [1.82, 2.24) is 4.98 Å². The number of hydrogen-bond acceptors (Lipinski definition) is 5. The Hall–Kier alpha value is -2.38. The van der Waals surface area contributed by atoms with Gasteiger partial charge in [0.2, 0.25) is 0 Å². The average Bonchev–Trinajstić information content (AvgIpc) is 3.04. The molecule has 7 heteroatoms. The van der Waals surface area contributed by atoms with Crippen LogP contribution in [0.2, 0.25) is 0 Å². The number of hydrogen-bond donors (Lipinski definition) is 2. The van der Waals surface area contributed by atoms with Gasteiger partial charge in [-0.15, -0.1) is 11.3 Å². The highest BCUT2D eigenvalue weighted by Gasteiger charge is 2.13. The first kappa shape index (κ1) is 18.4. The van der Waals surface area contributed by atoms with Gasteiger partial charge >= 0.3 is 5.97 Å². The van der Waals surface area contributed by atoms with E-state index in [1.165, 1.54) is 18.4 Å². The van der Waals surface area contributed by atoms with Crippen LogP contribution in [0.3, 0.4) is 0 Å². The number of rotatable bonds is 6. The number of nitrogens with zero attached hydrogens (tertiary/aromatic N) is 1. The summed E-state index contributed by atoms with van der Waals surface area (Å²) in [6.07, 6.45) is 2.19. The molecule has 1 aromatic heterocycles. The molecule has 3 rings (SSSR count). The number of benzene rings is 2. The molecule has 0 bridgehead atoms. The molecule has 2 aromatic carbocycles. The van der Waals surface area contributed by atoms with Gasteiger partial charge in [0.25, 0.3) is 0 Å². The Labute approximate surface area is 162 Å². The third kappa shape index (κ3) is 4.05. The maximum Gasteiger partial charge on any atom is 0.303 e. The van der Waals surface area contributed by atoms with Crippen LogP contribution in [0.4, 0.5) is 0 Å². The van der Waals surface area contributed by atoms with Gasteiger partial charge in [0.15, 0.2) is 11.5 Å². The molecule has 1 heterocycles. The van der Waals surface area contributed by atoms with E-state index in [0.29, 0.717) is 12.2 Å². The number of fused-ring (bicyclic) bond motifs is 1. The number of aromatic hydroxyl groups is 1. The summed E-state index contributed by atoms with van der Waals surface area (Å²) in [6.45, 7) is 0. The molecule has 0 unspecified atom stereocenters. The Kier molecular flexibility index (Phi) is 5.58. The van der Waals surface area contributed by atoms with E-state index in [2.05, 4.69) is 20.9 Å². The maximum absolute atomic E-state index is 11.1. The number of para-hydroxylation sites is 1. The summed E-state index contributed by atoms with van der Waals surface area (Å²) < 4.78 is 6.88. The second-order valence-corrected chi connectivity index (χ2v) is 7.48. The van der Waals surface area contributed by atoms with E-state index in [0.717, 1.165) is 30.8 Å². The van der Waals surface area contributed by atoms with Crippen molar-refractivity contribution in [3.8, 4) is 11.5 Å². The summed E-state index contributed by atoms with van der Waals surface area (Å²) in [5.74, 6) is -0.487. The molecule has 0 spiro atoms. The van der Waals surface area contributed by atoms with Gasteiger partial charge in [0, 0.05) is 10.9 Å². The zero-order chi connectivity index (χ0) is 18.7. The van der Waals surface area contributed by atoms with E-state index in [9.17, 15) is 9.90 Å². The largest absolute Gasteiger partial charge is 0.504 e. The lowest BCUT2D eigenvalue weighted by Gasteiger charge is -2.08. The molecule has 0 amide bonds. The first-order valence-electron chi connectivity index (χ1n) is 7.82. The molecule has 0 fully saturated rings. The minimum Gasteiger partial charge on any atom is -0.504 e. The lowest BCUT2D eigenvalue weighted by Crippen LogP contribution is -1.96. The van der Waals surface area contributed by atoms with Crippen molar-refractivity contribution < 1.29 is 19.7 Å². The van der Waals surface area contributed by atoms with Crippen LogP contribution in [-0.4, -0.2) is 28.3 Å². The molecule has 3 aromatic rings. The second kappa shape index (κ2) is 7.88. The first-order valence-corrected chi connectivity index (χ1v) is 9.43. The Morgan fingerprint density at radius 1 is 1.31 bits per heavy atom. The van der Waals surface area contributed by atoms with Crippen molar-refractivity contribution in [2.75, 3.05) is 7.11 Å². The molecule has 134 valence electrons. The summed E-state index contributed by atoms with van der Waals surface area (Å²) in [4.78, 5) is 15.7. The summed E-state index contributed by atoms with van der Waals surface area (Å²) >= 11 is 4.99. The van der Waals surface area contributed by atoms with E-state index in [1.54, 1.807) is 12.1 Å². The highest BCUT2D eigenvalue weighted by Crippen LogP contribution is 2.36. The molecule has 0 aliphatic carbocycles. The SMILES string of the molecule is COc1cc(Br)c(/C=C(\CCC(=O)O)c2nc3ccccc3s2)cc1O. The lowest BCUT2D eigenvalue weighted by molar-refractivity contribution is -0.136. The predicted octanol–water partition coefficient (Wildman–Crippen LogP) is 5.18. The van der Waals surface area contributed by atoms with Gasteiger partial charge in [0.1, 0.15) is 5.01 Å². The quantitative estimate of drug-likeness (QED) is 0.559. The summed E-state index contributed by atoms with van der Waals surface area (Å²) in [5.41, 5.74) is 2.41. The number of thiazole rings is 1. The molecule has 2 N–H and O–H groups in total. The summed E-state index contributed by atoms with van der Waals surface area (Å²) in [5, 5.41) is 19.9. The fourth-order valence-corrected chi connectivity index (χ4v) is 3.96. The van der Waals surface area contributed by atoms with E-state index >= 15 is 0 Å². The number of carboxylic acids is 1. The van der Waals surface area contributed by atoms with Crippen LogP contribution in [0, 0.1) is 0 Å². The third-order valence-electron chi connectivity index (χ3n) is 3.80. The van der Waals surface area contributed by atoms with Crippen molar-refractivity contribution in [3.63, 3.8) is 0 Å². The fraction of sp³-hybridized carbons (Fsp3) is 0.158. The molecule has 0 saturated heterocycles. The van der Waals surface area contributed by atoms with Crippen molar-refractivity contribution >= 4 is 55.1 Å². The minimum atomic E-state index is -0.867. The molecule has 5 nitrogen and oxygen atoms in total. The molecule has 0 aliphatic rings. The second-order valence-electron chi connectivity index (χ2n) is 5.60. The van der Waals surface area contributed by atoms with E-state index < -0.39 is 5.97 Å². The number of carbonyl (C=O) groups is 1. The number of aromatic nitrogens is 1. The van der Waals surface area contributed by atoms with Gasteiger partial charge in [-0.3, -0.25) is 4.79 Å². The van der Waals surface area contributed by atoms with Crippen LogP contribution in [-0.2, 0) is 4.79 Å². The van der Waals surface area contributed by atoms with Gasteiger partial charge in [-0.25, -0.2) is 4.98 Å². The topological polar surface area (TPSA) is 79.7 Å². The summed E-state index contributed by atoms with van der Waals surface area (Å²) in [7, 11) is 1.48. The van der Waals surface area contributed by atoms with Gasteiger partial charge in [-0.05, 0) is 47.9 Å². The number of aliphatic carboxylic acids is 1. The van der Waals surface area contributed by atoms with Crippen LogP contribution in [0.1, 0.15) is 23.4 Å². The van der Waals surface area contributed by atoms with Crippen molar-refractivity contribution in [2.45, 2.75) is 12.8 Å². The van der Waals surface area contributed by atoms with Gasteiger partial charge in [-0.1, -0.05) is 28.1 Å². The molecular weight excluding hydrogens is 418 g/mol. The monoisotopic (exact) mass is 433 g/mol. The van der Waals surface area contributed by atoms with E-state index in [4.69, 9.17) is 9.84 Å². The zero-order valence-corrected chi connectivity index (χ0v) is 16.3. The highest BCUT2D eigenvalue weighted by molar-refractivity contribution is 9.10. The number of phenols is 1. The Balaban J connectivity index is 2.07. The normalized spacial score (nSPS) is 11.7. The molecule has 0 aliphatic heterocycles. The van der Waals surface area contributed by atoms with Crippen LogP contribution in [0.25, 0.3) is 21.9 Å². The zero-order valence-electron chi connectivity index (χ0n) is 13.9. The van der Waals surface area contributed by atoms with E-state index in [-0.39, 0.29) is 12.2 Å². The Morgan fingerprint density at radius 3 is 2.77 bits per heavy atom. The lowest BCUT2D eigenvalue weighted by atomic mass is 10.1. The van der Waals surface area contributed by atoms with Gasteiger partial charge in [-0.2, -0.15) is 0 Å². The molecule has 0 saturated carbocycles. The van der Waals surface area contributed by atoms with E-state index in [1.807, 2.05) is 30.3 Å². The smallest absolute Gasteiger partial charge is 0.303 e. The maximum atomic E-state index is 11.1. The standard InChI is InChI=1S/C19H16BrNO4S/c1-25-16-10-13(20)12(9-15(16)22)8-11(6-7-18(23)24)19-21-14-4-2-3-5-17(14)26-19/h2-5,8-10,22H,6-7H2,1H3,(H,23,24)/b11-8+. The number of ether oxygens (including phenoxy) is 1. The highest BCUT2D eigenvalue weighted by atomic mass is 79.9. The third-order valence-corrected chi connectivity index (χ3v) is 5.60. The van der Waals surface area contributed by atoms with Crippen molar-refractivity contribution in [2.24, 2.45) is 0 Å². The number of halogens is 1. The van der Waals surface area contributed by atoms with Crippen LogP contribution in [0.5, 0.6) is 11.5 Å². The minimum absolute atomic E-state index is 0.00150. The Morgan fingerprint density at radius 2 is 2.08 bits per heavy atom. The van der Waals surface area contributed by atoms with Crippen LogP contribution >= 0.6 is 27.3 Å². The van der Waals surface area contributed by atoms with Crippen molar-refractivity contribution in [3.05, 3.63) is 51.4 Å². The average molecular weight is 434 g/mol. The fourth-order valence-electron chi connectivity index (χ4n) is 2.51. The molecular formula is C19H16BrNO4S. The van der Waals surface area contributed by atoms with Crippen LogP contribution in [0.15, 0.2) is 40.9 Å². The van der Waals surface area contributed by atoms with Crippen molar-refractivity contribution in [1.29, 1.82) is 0 Å². The number of carboxylic acid groups (broad SMARTS) is 1. The number of allylic oxidation sites excluding steroid dienone is 1. The first-order chi connectivity index (χ1) is 12.5. The summed E-state index contributed by atoms with van der Waals surface area (Å²) in [6, 6.07) is 11.0. The van der Waals surface area contributed by atoms with Crippen LogP contribution < -0.4 is 4.74 Å². The molecule has 26 heavy (non-hydrogen) atoms. The van der Waals surface area contributed by atoms with Gasteiger partial charge in [0.05, 0.1) is 17.3 Å². The molecule has 0 atom stereocenters. The Bertz CT molecular complexity index is 963. The number of methoxy groups -OCH3 is 1.